The fraction of sp³-hybridized carbons (Fsp3) is 0.857. The topological polar surface area (TPSA) is 94.1 Å². The molecule has 0 amide bonds. The molecule has 9 heteroatoms. The second-order valence-corrected chi connectivity index (χ2v) is 12.6. The zero-order chi connectivity index (χ0) is 27.2. The SMILES string of the molecule is CC(CCCOCC1COc2cscc2O1)S(=O)(=O)O.CCCCCCCCNCCCCCCCC. The highest BCUT2D eigenvalue weighted by atomic mass is 32.2. The lowest BCUT2D eigenvalue weighted by Crippen LogP contribution is -2.33. The van der Waals surface area contributed by atoms with Crippen molar-refractivity contribution in [2.45, 2.75) is 122 Å². The fourth-order valence-electron chi connectivity index (χ4n) is 3.97. The first-order valence-corrected chi connectivity index (χ1v) is 16.9. The van der Waals surface area contributed by atoms with E-state index >= 15 is 0 Å². The fourth-order valence-corrected chi connectivity index (χ4v) is 5.10. The Morgan fingerprint density at radius 2 is 1.51 bits per heavy atom. The monoisotopic (exact) mass is 563 g/mol. The minimum absolute atomic E-state index is 0.143. The van der Waals surface area contributed by atoms with Gasteiger partial charge < -0.3 is 19.5 Å². The average Bonchev–Trinajstić information content (AvgIpc) is 3.34. The third kappa shape index (κ3) is 18.1. The lowest BCUT2D eigenvalue weighted by atomic mass is 10.1. The first-order chi connectivity index (χ1) is 17.9. The van der Waals surface area contributed by atoms with Crippen LogP contribution in [-0.4, -0.2) is 57.2 Å². The van der Waals surface area contributed by atoms with Gasteiger partial charge in [-0.1, -0.05) is 78.1 Å². The van der Waals surface area contributed by atoms with Gasteiger partial charge in [-0.25, -0.2) is 0 Å². The summed E-state index contributed by atoms with van der Waals surface area (Å²) < 4.78 is 47.1. The summed E-state index contributed by atoms with van der Waals surface area (Å²) in [6.45, 7) is 9.79. The standard InChI is InChI=1S/C16H35N.C12H18O6S2/c1-3-5-7-9-11-13-15-17-16-14-12-10-8-6-4-2;1-9(20(13,14)15)3-2-4-16-5-10-6-17-11-7-19-8-12(11)18-10/h17H,3-16H2,1-2H3;7-10H,2-6H2,1H3,(H,13,14,15). The second-order valence-electron chi connectivity index (χ2n) is 9.98. The summed E-state index contributed by atoms with van der Waals surface area (Å²) in [5, 5.41) is 6.59. The maximum atomic E-state index is 10.8. The Labute approximate surface area is 230 Å². The van der Waals surface area contributed by atoms with Crippen LogP contribution in [0.4, 0.5) is 0 Å². The van der Waals surface area contributed by atoms with Crippen molar-refractivity contribution in [2.24, 2.45) is 0 Å². The van der Waals surface area contributed by atoms with Gasteiger partial charge >= 0.3 is 0 Å². The number of thiophene rings is 1. The van der Waals surface area contributed by atoms with Crippen molar-refractivity contribution in [2.75, 3.05) is 32.9 Å². The predicted molar refractivity (Wildman–Crippen MR) is 155 cm³/mol. The van der Waals surface area contributed by atoms with E-state index in [4.69, 9.17) is 18.8 Å². The van der Waals surface area contributed by atoms with Crippen molar-refractivity contribution in [3.8, 4) is 11.5 Å². The van der Waals surface area contributed by atoms with Gasteiger partial charge in [0.2, 0.25) is 0 Å². The van der Waals surface area contributed by atoms with E-state index in [2.05, 4.69) is 19.2 Å². The van der Waals surface area contributed by atoms with E-state index in [9.17, 15) is 8.42 Å². The molecule has 218 valence electrons. The van der Waals surface area contributed by atoms with Gasteiger partial charge in [-0.05, 0) is 45.7 Å². The molecule has 2 unspecified atom stereocenters. The molecule has 0 aromatic carbocycles. The molecule has 0 spiro atoms. The molecule has 0 bridgehead atoms. The second kappa shape index (κ2) is 22.0. The molecule has 1 aliphatic heterocycles. The van der Waals surface area contributed by atoms with Crippen LogP contribution in [0.1, 0.15) is 111 Å². The lowest BCUT2D eigenvalue weighted by Gasteiger charge is -2.24. The van der Waals surface area contributed by atoms with Crippen LogP contribution in [0.5, 0.6) is 11.5 Å². The van der Waals surface area contributed by atoms with E-state index in [1.54, 1.807) is 0 Å². The lowest BCUT2D eigenvalue weighted by molar-refractivity contribution is 0.00852. The molecule has 2 heterocycles. The Bertz CT molecular complexity index is 742. The van der Waals surface area contributed by atoms with Gasteiger partial charge in [0.15, 0.2) is 17.6 Å². The summed E-state index contributed by atoms with van der Waals surface area (Å²) in [5.41, 5.74) is 0. The number of hydrogen-bond donors (Lipinski definition) is 2. The van der Waals surface area contributed by atoms with Crippen LogP contribution in [0.3, 0.4) is 0 Å². The molecule has 0 aliphatic carbocycles. The molecule has 2 N–H and O–H groups in total. The van der Waals surface area contributed by atoms with Crippen molar-refractivity contribution < 1.29 is 27.2 Å². The van der Waals surface area contributed by atoms with Gasteiger partial charge in [-0.2, -0.15) is 8.42 Å². The summed E-state index contributed by atoms with van der Waals surface area (Å²) in [7, 11) is -3.94. The van der Waals surface area contributed by atoms with Gasteiger partial charge in [0.25, 0.3) is 10.1 Å². The van der Waals surface area contributed by atoms with E-state index in [1.807, 2.05) is 10.8 Å². The molecule has 1 aromatic heterocycles. The van der Waals surface area contributed by atoms with Crippen LogP contribution >= 0.6 is 11.3 Å². The number of hydrogen-bond acceptors (Lipinski definition) is 7. The van der Waals surface area contributed by atoms with Crippen LogP contribution in [0.25, 0.3) is 0 Å². The molecule has 37 heavy (non-hydrogen) atoms. The highest BCUT2D eigenvalue weighted by Gasteiger charge is 2.22. The summed E-state index contributed by atoms with van der Waals surface area (Å²) >= 11 is 1.52. The van der Waals surface area contributed by atoms with Gasteiger partial charge in [-0.15, -0.1) is 11.3 Å². The number of unbranched alkanes of at least 4 members (excludes halogenated alkanes) is 10. The minimum Gasteiger partial charge on any atom is -0.485 e. The Balaban J connectivity index is 0.000000377. The Morgan fingerprint density at radius 1 is 0.946 bits per heavy atom. The summed E-state index contributed by atoms with van der Waals surface area (Å²) in [5.74, 6) is 1.52. The molecular formula is C28H53NO6S2. The molecular weight excluding hydrogens is 510 g/mol. The largest absolute Gasteiger partial charge is 0.485 e. The van der Waals surface area contributed by atoms with Gasteiger partial charge in [0.1, 0.15) is 6.61 Å². The molecule has 2 atom stereocenters. The zero-order valence-corrected chi connectivity index (χ0v) is 25.2. The number of nitrogens with one attached hydrogen (secondary N) is 1. The first kappa shape index (κ1) is 34.2. The van der Waals surface area contributed by atoms with E-state index < -0.39 is 15.4 Å². The van der Waals surface area contributed by atoms with Crippen LogP contribution in [-0.2, 0) is 14.9 Å². The summed E-state index contributed by atoms with van der Waals surface area (Å²) in [4.78, 5) is 0. The number of ether oxygens (including phenoxy) is 3. The van der Waals surface area contributed by atoms with Crippen LogP contribution < -0.4 is 14.8 Å². The van der Waals surface area contributed by atoms with Crippen LogP contribution in [0.2, 0.25) is 0 Å². The van der Waals surface area contributed by atoms with E-state index in [0.29, 0.717) is 32.7 Å². The average molecular weight is 564 g/mol. The van der Waals surface area contributed by atoms with Crippen molar-refractivity contribution in [3.05, 3.63) is 10.8 Å². The maximum Gasteiger partial charge on any atom is 0.267 e. The zero-order valence-electron chi connectivity index (χ0n) is 23.5. The summed E-state index contributed by atoms with van der Waals surface area (Å²) in [6.07, 6.45) is 17.7. The Hall–Kier alpha value is -0.870. The highest BCUT2D eigenvalue weighted by Crippen LogP contribution is 2.35. The number of fused-ring (bicyclic) bond motifs is 1. The smallest absolute Gasteiger partial charge is 0.267 e. The van der Waals surface area contributed by atoms with Crippen LogP contribution in [0, 0.1) is 0 Å². The van der Waals surface area contributed by atoms with E-state index in [0.717, 1.165) is 11.5 Å². The third-order valence-corrected chi connectivity index (χ3v) is 8.39. The Morgan fingerprint density at radius 3 is 2.11 bits per heavy atom. The first-order valence-electron chi connectivity index (χ1n) is 14.5. The Kier molecular flexibility index (Phi) is 20.3. The van der Waals surface area contributed by atoms with Gasteiger partial charge in [0.05, 0.1) is 11.9 Å². The van der Waals surface area contributed by atoms with E-state index in [-0.39, 0.29) is 6.10 Å². The van der Waals surface area contributed by atoms with Gasteiger partial charge in [-0.3, -0.25) is 4.55 Å². The molecule has 7 nitrogen and oxygen atoms in total. The molecule has 2 rings (SSSR count). The molecule has 0 fully saturated rings. The van der Waals surface area contributed by atoms with Gasteiger partial charge in [0, 0.05) is 17.4 Å². The maximum absolute atomic E-state index is 10.8. The molecule has 0 saturated heterocycles. The van der Waals surface area contributed by atoms with E-state index in [1.165, 1.54) is 108 Å². The normalized spacial score (nSPS) is 15.7. The molecule has 0 saturated carbocycles. The van der Waals surface area contributed by atoms with Crippen molar-refractivity contribution >= 4 is 21.5 Å². The summed E-state index contributed by atoms with van der Waals surface area (Å²) in [6, 6.07) is 0. The third-order valence-electron chi connectivity index (χ3n) is 6.44. The minimum atomic E-state index is -3.94. The van der Waals surface area contributed by atoms with Crippen molar-refractivity contribution in [1.82, 2.24) is 5.32 Å². The van der Waals surface area contributed by atoms with Crippen molar-refractivity contribution in [3.63, 3.8) is 0 Å². The predicted octanol–water partition coefficient (Wildman–Crippen LogP) is 7.26. The molecule has 0 radical (unpaired) electrons. The molecule has 1 aromatic rings. The van der Waals surface area contributed by atoms with Crippen LogP contribution in [0.15, 0.2) is 10.8 Å². The van der Waals surface area contributed by atoms with Crippen molar-refractivity contribution in [1.29, 1.82) is 0 Å². The quantitative estimate of drug-likeness (QED) is 0.120. The number of rotatable bonds is 21. The molecule has 1 aliphatic rings. The highest BCUT2D eigenvalue weighted by molar-refractivity contribution is 7.86.